The van der Waals surface area contributed by atoms with Crippen molar-refractivity contribution in [3.05, 3.63) is 70.8 Å². The first-order chi connectivity index (χ1) is 14.1. The molecule has 6 rings (SSSR count). The highest BCUT2D eigenvalue weighted by Gasteiger charge is 2.56. The summed E-state index contributed by atoms with van der Waals surface area (Å²) in [7, 11) is 0. The Labute approximate surface area is 170 Å². The van der Waals surface area contributed by atoms with Crippen LogP contribution in [0.15, 0.2) is 48.5 Å². The first kappa shape index (κ1) is 18.4. The molecule has 4 aliphatic rings. The number of benzene rings is 2. The Hall–Kier alpha value is -2.62. The lowest BCUT2D eigenvalue weighted by Gasteiger charge is -2.48. The second-order valence-corrected chi connectivity index (χ2v) is 8.77. The summed E-state index contributed by atoms with van der Waals surface area (Å²) in [6, 6.07) is 16.0. The number of hydrogen-bond acceptors (Lipinski definition) is 3. The second-order valence-electron chi connectivity index (χ2n) is 8.77. The largest absolute Gasteiger partial charge is 0.481 e. The molecule has 4 heteroatoms. The molecule has 1 fully saturated rings. The van der Waals surface area contributed by atoms with E-state index in [9.17, 15) is 14.7 Å². The van der Waals surface area contributed by atoms with Crippen LogP contribution in [0.3, 0.4) is 0 Å². The van der Waals surface area contributed by atoms with Gasteiger partial charge >= 0.3 is 11.9 Å². The van der Waals surface area contributed by atoms with Crippen LogP contribution >= 0.6 is 0 Å². The Kier molecular flexibility index (Phi) is 4.27. The van der Waals surface area contributed by atoms with E-state index in [2.05, 4.69) is 6.92 Å². The SMILES string of the molecule is CCC1(OC(=O)C2C3c4ccccc4C(c4ccccc43)C2C(=O)O)CCCC1. The predicted molar refractivity (Wildman–Crippen MR) is 109 cm³/mol. The molecule has 2 unspecified atom stereocenters. The molecule has 0 radical (unpaired) electrons. The van der Waals surface area contributed by atoms with Crippen molar-refractivity contribution < 1.29 is 19.4 Å². The third-order valence-corrected chi connectivity index (χ3v) is 7.47. The van der Waals surface area contributed by atoms with Gasteiger partial charge in [-0.05, 0) is 54.4 Å². The number of rotatable bonds is 4. The van der Waals surface area contributed by atoms with Gasteiger partial charge in [-0.25, -0.2) is 0 Å². The van der Waals surface area contributed by atoms with E-state index in [1.807, 2.05) is 48.5 Å². The molecule has 0 aromatic heterocycles. The molecule has 0 spiro atoms. The van der Waals surface area contributed by atoms with Gasteiger partial charge in [0.05, 0.1) is 11.8 Å². The van der Waals surface area contributed by atoms with Crippen LogP contribution in [0.5, 0.6) is 0 Å². The van der Waals surface area contributed by atoms with E-state index in [1.54, 1.807) is 0 Å². The normalized spacial score (nSPS) is 28.4. The molecular weight excluding hydrogens is 364 g/mol. The van der Waals surface area contributed by atoms with Crippen molar-refractivity contribution in [2.75, 3.05) is 0 Å². The Bertz CT molecular complexity index is 925. The molecule has 0 aliphatic heterocycles. The number of carboxylic acid groups (broad SMARTS) is 1. The van der Waals surface area contributed by atoms with Crippen molar-refractivity contribution in [2.24, 2.45) is 11.8 Å². The third kappa shape index (κ3) is 2.65. The topological polar surface area (TPSA) is 63.6 Å². The highest BCUT2D eigenvalue weighted by atomic mass is 16.6. The summed E-state index contributed by atoms with van der Waals surface area (Å²) >= 11 is 0. The summed E-state index contributed by atoms with van der Waals surface area (Å²) in [5.41, 5.74) is 3.81. The van der Waals surface area contributed by atoms with Gasteiger partial charge in [0.15, 0.2) is 0 Å². The van der Waals surface area contributed by atoms with Gasteiger partial charge in [-0.1, -0.05) is 55.5 Å². The van der Waals surface area contributed by atoms with Crippen molar-refractivity contribution in [3.8, 4) is 0 Å². The van der Waals surface area contributed by atoms with Gasteiger partial charge in [-0.2, -0.15) is 0 Å². The zero-order valence-electron chi connectivity index (χ0n) is 16.6. The van der Waals surface area contributed by atoms with Crippen molar-refractivity contribution in [3.63, 3.8) is 0 Å². The molecule has 29 heavy (non-hydrogen) atoms. The first-order valence-corrected chi connectivity index (χ1v) is 10.7. The molecule has 4 aliphatic carbocycles. The van der Waals surface area contributed by atoms with Gasteiger partial charge < -0.3 is 9.84 Å². The van der Waals surface area contributed by atoms with Crippen LogP contribution < -0.4 is 0 Å². The van der Waals surface area contributed by atoms with Gasteiger partial charge in [-0.15, -0.1) is 0 Å². The summed E-state index contributed by atoms with van der Waals surface area (Å²) in [6.45, 7) is 2.06. The van der Waals surface area contributed by atoms with E-state index in [0.717, 1.165) is 54.4 Å². The Morgan fingerprint density at radius 1 is 0.897 bits per heavy atom. The molecule has 1 N–H and O–H groups in total. The van der Waals surface area contributed by atoms with Gasteiger partial charge in [0.25, 0.3) is 0 Å². The van der Waals surface area contributed by atoms with Gasteiger partial charge in [0, 0.05) is 11.8 Å². The minimum absolute atomic E-state index is 0.267. The Morgan fingerprint density at radius 2 is 1.34 bits per heavy atom. The Balaban J connectivity index is 1.64. The molecule has 150 valence electrons. The van der Waals surface area contributed by atoms with E-state index < -0.39 is 23.4 Å². The minimum atomic E-state index is -0.914. The number of carboxylic acids is 1. The van der Waals surface area contributed by atoms with E-state index in [-0.39, 0.29) is 17.8 Å². The van der Waals surface area contributed by atoms with Gasteiger partial charge in [0.2, 0.25) is 0 Å². The monoisotopic (exact) mass is 390 g/mol. The molecule has 1 saturated carbocycles. The molecule has 0 amide bonds. The highest BCUT2D eigenvalue weighted by Crippen LogP contribution is 2.59. The van der Waals surface area contributed by atoms with E-state index in [4.69, 9.17) is 4.74 Å². The van der Waals surface area contributed by atoms with Crippen molar-refractivity contribution in [2.45, 2.75) is 56.5 Å². The van der Waals surface area contributed by atoms with Crippen molar-refractivity contribution >= 4 is 11.9 Å². The number of carbonyl (C=O) groups is 2. The fourth-order valence-electron chi connectivity index (χ4n) is 6.09. The number of aliphatic carboxylic acids is 1. The standard InChI is InChI=1S/C25H26O4/c1-2-25(13-7-8-14-25)29-24(28)22-20-17-11-5-3-9-15(17)19(21(22)23(26)27)16-10-4-6-12-18(16)20/h3-6,9-12,19-22H,2,7-8,13-14H2,1H3,(H,26,27). The van der Waals surface area contributed by atoms with Crippen LogP contribution in [-0.4, -0.2) is 22.6 Å². The van der Waals surface area contributed by atoms with Gasteiger partial charge in [-0.3, -0.25) is 9.59 Å². The average Bonchev–Trinajstić information content (AvgIpc) is 3.22. The summed E-state index contributed by atoms with van der Waals surface area (Å²) in [6.07, 6.45) is 4.66. The van der Waals surface area contributed by atoms with Crippen LogP contribution in [0, 0.1) is 11.8 Å². The number of hydrogen-bond donors (Lipinski definition) is 1. The highest BCUT2D eigenvalue weighted by molar-refractivity contribution is 5.87. The fourth-order valence-corrected chi connectivity index (χ4v) is 6.09. The smallest absolute Gasteiger partial charge is 0.311 e. The summed E-state index contributed by atoms with van der Waals surface area (Å²) in [5, 5.41) is 10.2. The summed E-state index contributed by atoms with van der Waals surface area (Å²) in [5.74, 6) is -3.32. The maximum Gasteiger partial charge on any atom is 0.311 e. The molecular formula is C25H26O4. The maximum atomic E-state index is 13.6. The third-order valence-electron chi connectivity index (χ3n) is 7.47. The molecule has 2 bridgehead atoms. The fraction of sp³-hybridized carbons (Fsp3) is 0.440. The van der Waals surface area contributed by atoms with Crippen molar-refractivity contribution in [1.82, 2.24) is 0 Å². The van der Waals surface area contributed by atoms with E-state index in [0.29, 0.717) is 0 Å². The van der Waals surface area contributed by atoms with Crippen LogP contribution in [0.25, 0.3) is 0 Å². The van der Waals surface area contributed by atoms with Crippen LogP contribution in [0.2, 0.25) is 0 Å². The van der Waals surface area contributed by atoms with Crippen LogP contribution in [0.4, 0.5) is 0 Å². The molecule has 2 aromatic carbocycles. The lowest BCUT2D eigenvalue weighted by Crippen LogP contribution is -2.49. The molecule has 2 aromatic rings. The average molecular weight is 390 g/mol. The summed E-state index contributed by atoms with van der Waals surface area (Å²) < 4.78 is 6.15. The second kappa shape index (κ2) is 6.72. The zero-order chi connectivity index (χ0) is 20.2. The molecule has 0 saturated heterocycles. The molecule has 4 nitrogen and oxygen atoms in total. The number of ether oxygens (including phenoxy) is 1. The number of esters is 1. The molecule has 2 atom stereocenters. The van der Waals surface area contributed by atoms with Crippen LogP contribution in [0.1, 0.15) is 73.1 Å². The van der Waals surface area contributed by atoms with E-state index in [1.165, 1.54) is 0 Å². The number of fused-ring (bicyclic) bond motifs is 1. The maximum absolute atomic E-state index is 13.6. The van der Waals surface area contributed by atoms with Gasteiger partial charge in [0.1, 0.15) is 5.60 Å². The van der Waals surface area contributed by atoms with E-state index >= 15 is 0 Å². The zero-order valence-corrected chi connectivity index (χ0v) is 16.6. The van der Waals surface area contributed by atoms with Crippen molar-refractivity contribution in [1.29, 1.82) is 0 Å². The summed E-state index contributed by atoms with van der Waals surface area (Å²) in [4.78, 5) is 26.0. The first-order valence-electron chi connectivity index (χ1n) is 10.7. The quantitative estimate of drug-likeness (QED) is 0.757. The molecule has 0 heterocycles. The van der Waals surface area contributed by atoms with Crippen LogP contribution in [-0.2, 0) is 14.3 Å². The minimum Gasteiger partial charge on any atom is -0.481 e. The lowest BCUT2D eigenvalue weighted by atomic mass is 9.54. The number of carbonyl (C=O) groups excluding carboxylic acids is 1. The lowest BCUT2D eigenvalue weighted by molar-refractivity contribution is -0.173. The Morgan fingerprint density at radius 3 is 1.76 bits per heavy atom. The predicted octanol–water partition coefficient (Wildman–Crippen LogP) is 4.86.